The maximum absolute atomic E-state index is 6.02. The molecule has 20 heavy (non-hydrogen) atoms. The summed E-state index contributed by atoms with van der Waals surface area (Å²) in [5.74, 6) is 0.731. The Balaban J connectivity index is 1.90. The van der Waals surface area contributed by atoms with Gasteiger partial charge in [0, 0.05) is 32.2 Å². The zero-order valence-corrected chi connectivity index (χ0v) is 12.8. The van der Waals surface area contributed by atoms with Gasteiger partial charge in [0.25, 0.3) is 0 Å². The smallest absolute Gasteiger partial charge is 0.213 e. The van der Waals surface area contributed by atoms with Crippen molar-refractivity contribution in [1.29, 1.82) is 0 Å². The Kier molecular flexibility index (Phi) is 5.80. The first-order valence-electron chi connectivity index (χ1n) is 7.56. The molecule has 1 aliphatic rings. The molecule has 1 aromatic rings. The van der Waals surface area contributed by atoms with Gasteiger partial charge in [-0.15, -0.1) is 0 Å². The first-order valence-corrected chi connectivity index (χ1v) is 7.56. The van der Waals surface area contributed by atoms with Crippen LogP contribution >= 0.6 is 0 Å². The van der Waals surface area contributed by atoms with Gasteiger partial charge in [0.1, 0.15) is 6.10 Å². The highest BCUT2D eigenvalue weighted by molar-refractivity contribution is 5.16. The first kappa shape index (κ1) is 15.3. The Bertz CT molecular complexity index is 409. The number of nitrogens with one attached hydrogen (secondary N) is 1. The molecule has 1 aliphatic carbocycles. The summed E-state index contributed by atoms with van der Waals surface area (Å²) in [4.78, 5) is 4.56. The number of aromatic nitrogens is 1. The fourth-order valence-corrected chi connectivity index (χ4v) is 2.52. The highest BCUT2D eigenvalue weighted by atomic mass is 16.5. The fourth-order valence-electron chi connectivity index (χ4n) is 2.52. The molecule has 0 bridgehead atoms. The minimum atomic E-state index is 0.231. The lowest BCUT2D eigenvalue weighted by Gasteiger charge is -2.28. The van der Waals surface area contributed by atoms with E-state index < -0.39 is 0 Å². The van der Waals surface area contributed by atoms with Crippen LogP contribution in [-0.4, -0.2) is 30.3 Å². The average molecular weight is 278 g/mol. The van der Waals surface area contributed by atoms with Gasteiger partial charge >= 0.3 is 0 Å². The lowest BCUT2D eigenvalue weighted by atomic mass is 9.95. The van der Waals surface area contributed by atoms with Crippen LogP contribution in [0.5, 0.6) is 5.88 Å². The van der Waals surface area contributed by atoms with E-state index in [0.717, 1.165) is 43.8 Å². The van der Waals surface area contributed by atoms with Crippen molar-refractivity contribution in [3.63, 3.8) is 0 Å². The van der Waals surface area contributed by atoms with Crippen molar-refractivity contribution in [1.82, 2.24) is 10.3 Å². The van der Waals surface area contributed by atoms with E-state index in [1.54, 1.807) is 7.11 Å². The summed E-state index contributed by atoms with van der Waals surface area (Å²) in [7, 11) is 1.78. The molecular formula is C16H26N2O2. The van der Waals surface area contributed by atoms with E-state index in [9.17, 15) is 0 Å². The molecule has 4 heteroatoms. The van der Waals surface area contributed by atoms with Crippen LogP contribution in [0, 0.1) is 0 Å². The molecule has 0 radical (unpaired) electrons. The van der Waals surface area contributed by atoms with Gasteiger partial charge in [-0.3, -0.25) is 0 Å². The van der Waals surface area contributed by atoms with Crippen molar-refractivity contribution in [2.24, 2.45) is 0 Å². The minimum Gasteiger partial charge on any atom is -0.474 e. The molecule has 1 saturated carbocycles. The number of nitrogens with zero attached hydrogens (tertiary/aromatic N) is 1. The summed E-state index contributed by atoms with van der Waals surface area (Å²) >= 11 is 0. The third-order valence-electron chi connectivity index (χ3n) is 3.67. The van der Waals surface area contributed by atoms with Crippen LogP contribution in [-0.2, 0) is 11.3 Å². The predicted octanol–water partition coefficient (Wildman–Crippen LogP) is 2.92. The zero-order chi connectivity index (χ0) is 14.4. The summed E-state index contributed by atoms with van der Waals surface area (Å²) in [6, 6.07) is 6.44. The molecule has 0 spiro atoms. The molecule has 1 aromatic heterocycles. The fraction of sp³-hybridized carbons (Fsp3) is 0.688. The molecule has 0 aromatic carbocycles. The van der Waals surface area contributed by atoms with Crippen molar-refractivity contribution >= 4 is 0 Å². The summed E-state index contributed by atoms with van der Waals surface area (Å²) < 4.78 is 11.5. The molecule has 2 unspecified atom stereocenters. The van der Waals surface area contributed by atoms with Crippen molar-refractivity contribution in [3.8, 4) is 5.88 Å². The molecule has 2 rings (SSSR count). The molecule has 0 amide bonds. The second-order valence-corrected chi connectivity index (χ2v) is 5.77. The minimum absolute atomic E-state index is 0.231. The zero-order valence-electron chi connectivity index (χ0n) is 12.8. The molecule has 0 saturated heterocycles. The standard InChI is InChI=1S/C16H26N2O2/c1-12(2)17-11-13-6-4-9-16(18-13)20-15-8-5-7-14(10-15)19-3/h4,6,9,12,14-15,17H,5,7-8,10-11H2,1-3H3. The van der Waals surface area contributed by atoms with Gasteiger partial charge in [-0.1, -0.05) is 19.9 Å². The summed E-state index contributed by atoms with van der Waals surface area (Å²) in [6.45, 7) is 5.04. The highest BCUT2D eigenvalue weighted by Gasteiger charge is 2.23. The number of rotatable bonds is 6. The topological polar surface area (TPSA) is 43.4 Å². The second-order valence-electron chi connectivity index (χ2n) is 5.77. The largest absolute Gasteiger partial charge is 0.474 e. The quantitative estimate of drug-likeness (QED) is 0.869. The Morgan fingerprint density at radius 1 is 1.30 bits per heavy atom. The van der Waals surface area contributed by atoms with E-state index in [2.05, 4.69) is 24.1 Å². The maximum atomic E-state index is 6.02. The van der Waals surface area contributed by atoms with Crippen LogP contribution in [0.15, 0.2) is 18.2 Å². The first-order chi connectivity index (χ1) is 9.67. The van der Waals surface area contributed by atoms with Crippen LogP contribution in [0.4, 0.5) is 0 Å². The summed E-state index contributed by atoms with van der Waals surface area (Å²) in [6.07, 6.45) is 4.93. The number of methoxy groups -OCH3 is 1. The molecule has 112 valence electrons. The number of pyridine rings is 1. The summed E-state index contributed by atoms with van der Waals surface area (Å²) in [5.41, 5.74) is 1.02. The SMILES string of the molecule is COC1CCCC(Oc2cccc(CNC(C)C)n2)C1. The van der Waals surface area contributed by atoms with Crippen LogP contribution in [0.1, 0.15) is 45.2 Å². The van der Waals surface area contributed by atoms with Gasteiger partial charge < -0.3 is 14.8 Å². The molecule has 1 heterocycles. The molecule has 0 aliphatic heterocycles. The van der Waals surface area contributed by atoms with Crippen LogP contribution in [0.3, 0.4) is 0 Å². The third kappa shape index (κ3) is 4.76. The van der Waals surface area contributed by atoms with Gasteiger partial charge in [0.2, 0.25) is 5.88 Å². The number of ether oxygens (including phenoxy) is 2. The Morgan fingerprint density at radius 3 is 2.85 bits per heavy atom. The van der Waals surface area contributed by atoms with Crippen molar-refractivity contribution in [3.05, 3.63) is 23.9 Å². The third-order valence-corrected chi connectivity index (χ3v) is 3.67. The van der Waals surface area contributed by atoms with E-state index in [4.69, 9.17) is 9.47 Å². The Morgan fingerprint density at radius 2 is 2.10 bits per heavy atom. The lowest BCUT2D eigenvalue weighted by Crippen LogP contribution is -2.29. The normalized spacial score (nSPS) is 23.0. The molecular weight excluding hydrogens is 252 g/mol. The molecule has 1 N–H and O–H groups in total. The Labute approximate surface area is 121 Å². The van der Waals surface area contributed by atoms with Crippen LogP contribution < -0.4 is 10.1 Å². The second kappa shape index (κ2) is 7.60. The van der Waals surface area contributed by atoms with Crippen molar-refractivity contribution < 1.29 is 9.47 Å². The number of hydrogen-bond acceptors (Lipinski definition) is 4. The van der Waals surface area contributed by atoms with E-state index >= 15 is 0 Å². The number of hydrogen-bond donors (Lipinski definition) is 1. The van der Waals surface area contributed by atoms with Crippen molar-refractivity contribution in [2.45, 2.75) is 64.3 Å². The summed E-state index contributed by atoms with van der Waals surface area (Å²) in [5, 5.41) is 3.37. The highest BCUT2D eigenvalue weighted by Crippen LogP contribution is 2.24. The predicted molar refractivity (Wildman–Crippen MR) is 79.9 cm³/mol. The average Bonchev–Trinajstić information content (AvgIpc) is 2.46. The van der Waals surface area contributed by atoms with E-state index in [-0.39, 0.29) is 6.10 Å². The molecule has 1 fully saturated rings. The maximum Gasteiger partial charge on any atom is 0.213 e. The lowest BCUT2D eigenvalue weighted by molar-refractivity contribution is 0.0194. The van der Waals surface area contributed by atoms with Gasteiger partial charge in [0.05, 0.1) is 11.8 Å². The van der Waals surface area contributed by atoms with E-state index in [1.165, 1.54) is 0 Å². The van der Waals surface area contributed by atoms with Crippen molar-refractivity contribution in [2.75, 3.05) is 7.11 Å². The van der Waals surface area contributed by atoms with Gasteiger partial charge in [-0.05, 0) is 25.3 Å². The van der Waals surface area contributed by atoms with Crippen LogP contribution in [0.2, 0.25) is 0 Å². The molecule has 4 nitrogen and oxygen atoms in total. The van der Waals surface area contributed by atoms with E-state index in [0.29, 0.717) is 12.1 Å². The Hall–Kier alpha value is -1.13. The van der Waals surface area contributed by atoms with Gasteiger partial charge in [-0.25, -0.2) is 4.98 Å². The monoisotopic (exact) mass is 278 g/mol. The van der Waals surface area contributed by atoms with E-state index in [1.807, 2.05) is 18.2 Å². The molecule has 2 atom stereocenters. The van der Waals surface area contributed by atoms with Gasteiger partial charge in [0.15, 0.2) is 0 Å². The van der Waals surface area contributed by atoms with Gasteiger partial charge in [-0.2, -0.15) is 0 Å². The van der Waals surface area contributed by atoms with Crippen LogP contribution in [0.25, 0.3) is 0 Å².